The van der Waals surface area contributed by atoms with Gasteiger partial charge in [-0.1, -0.05) is 0 Å². The van der Waals surface area contributed by atoms with E-state index < -0.39 is 0 Å². The number of nitrogens with zero attached hydrogens (tertiary/aromatic N) is 1. The number of hydrogen-bond donors (Lipinski definition) is 3. The molecule has 1 aromatic carbocycles. The molecule has 0 aliphatic rings. The van der Waals surface area contributed by atoms with Crippen LogP contribution < -0.4 is 0 Å². The molecular weight excluding hydrogens is 168 g/mol. The smallest absolute Gasteiger partial charge is 0.123 e. The Balaban J connectivity index is 2.57. The van der Waals surface area contributed by atoms with Crippen molar-refractivity contribution in [3.05, 3.63) is 30.6 Å². The summed E-state index contributed by atoms with van der Waals surface area (Å²) in [6.07, 6.45) is 3.23. The van der Waals surface area contributed by atoms with Crippen molar-refractivity contribution >= 4 is 0 Å². The lowest BCUT2D eigenvalue weighted by Gasteiger charge is -2.01. The average Bonchev–Trinajstić information content (AvgIpc) is 2.61. The predicted molar refractivity (Wildman–Crippen MR) is 47.4 cm³/mol. The highest BCUT2D eigenvalue weighted by molar-refractivity contribution is 5.70. The van der Waals surface area contributed by atoms with Crippen molar-refractivity contribution in [2.24, 2.45) is 0 Å². The van der Waals surface area contributed by atoms with Crippen LogP contribution in [0.5, 0.6) is 11.5 Å². The van der Waals surface area contributed by atoms with Crippen LogP contribution in [-0.4, -0.2) is 20.4 Å². The molecular formula is C9H8N2O2. The van der Waals surface area contributed by atoms with Crippen molar-refractivity contribution < 1.29 is 10.2 Å². The van der Waals surface area contributed by atoms with Crippen molar-refractivity contribution in [3.63, 3.8) is 0 Å². The summed E-state index contributed by atoms with van der Waals surface area (Å²) in [5.74, 6) is 0.244. The number of aromatic hydroxyl groups is 2. The molecule has 0 saturated heterocycles. The van der Waals surface area contributed by atoms with Crippen LogP contribution in [0.15, 0.2) is 30.6 Å². The summed E-state index contributed by atoms with van der Waals surface area (Å²) < 4.78 is 0. The molecule has 4 nitrogen and oxygen atoms in total. The summed E-state index contributed by atoms with van der Waals surface area (Å²) in [4.78, 5) is 0. The normalized spacial score (nSPS) is 10.2. The Kier molecular flexibility index (Phi) is 1.66. The molecule has 0 radical (unpaired) electrons. The first-order valence-corrected chi connectivity index (χ1v) is 3.78. The zero-order chi connectivity index (χ0) is 9.26. The minimum atomic E-state index is 0.119. The summed E-state index contributed by atoms with van der Waals surface area (Å²) in [5.41, 5.74) is 1.31. The molecule has 3 N–H and O–H groups in total. The molecule has 0 fully saturated rings. The van der Waals surface area contributed by atoms with Gasteiger partial charge in [-0.2, -0.15) is 5.10 Å². The summed E-state index contributed by atoms with van der Waals surface area (Å²) in [5, 5.41) is 25.0. The third kappa shape index (κ3) is 1.33. The van der Waals surface area contributed by atoms with E-state index in [4.69, 9.17) is 0 Å². The van der Waals surface area contributed by atoms with E-state index in [1.807, 2.05) is 0 Å². The van der Waals surface area contributed by atoms with E-state index in [9.17, 15) is 10.2 Å². The van der Waals surface area contributed by atoms with Crippen LogP contribution >= 0.6 is 0 Å². The van der Waals surface area contributed by atoms with Gasteiger partial charge < -0.3 is 10.2 Å². The van der Waals surface area contributed by atoms with Crippen LogP contribution in [0.3, 0.4) is 0 Å². The Morgan fingerprint density at radius 2 is 2.08 bits per heavy atom. The van der Waals surface area contributed by atoms with Gasteiger partial charge in [0, 0.05) is 17.3 Å². The van der Waals surface area contributed by atoms with Crippen molar-refractivity contribution in [1.29, 1.82) is 0 Å². The Bertz CT molecular complexity index is 410. The van der Waals surface area contributed by atoms with Crippen LogP contribution in [0.25, 0.3) is 11.1 Å². The van der Waals surface area contributed by atoms with Crippen molar-refractivity contribution in [1.82, 2.24) is 10.2 Å². The van der Waals surface area contributed by atoms with E-state index in [-0.39, 0.29) is 11.5 Å². The van der Waals surface area contributed by atoms with Gasteiger partial charge in [-0.3, -0.25) is 5.10 Å². The van der Waals surface area contributed by atoms with E-state index in [1.54, 1.807) is 12.4 Å². The number of phenols is 2. The highest BCUT2D eigenvalue weighted by Crippen LogP contribution is 2.31. The lowest BCUT2D eigenvalue weighted by atomic mass is 10.1. The number of aromatic amines is 1. The highest BCUT2D eigenvalue weighted by atomic mass is 16.3. The fourth-order valence-electron chi connectivity index (χ4n) is 1.15. The topological polar surface area (TPSA) is 69.1 Å². The van der Waals surface area contributed by atoms with Crippen LogP contribution in [0.4, 0.5) is 0 Å². The van der Waals surface area contributed by atoms with Crippen LogP contribution in [0, 0.1) is 0 Å². The lowest BCUT2D eigenvalue weighted by Crippen LogP contribution is -1.75. The van der Waals surface area contributed by atoms with E-state index in [1.165, 1.54) is 18.2 Å². The molecule has 0 spiro atoms. The van der Waals surface area contributed by atoms with Gasteiger partial charge in [-0.25, -0.2) is 0 Å². The zero-order valence-corrected chi connectivity index (χ0v) is 6.73. The zero-order valence-electron chi connectivity index (χ0n) is 6.73. The Morgan fingerprint density at radius 1 is 1.23 bits per heavy atom. The second-order valence-electron chi connectivity index (χ2n) is 2.69. The number of phenolic OH excluding ortho intramolecular Hbond substituents is 2. The Morgan fingerprint density at radius 3 is 2.77 bits per heavy atom. The van der Waals surface area contributed by atoms with Gasteiger partial charge in [0.2, 0.25) is 0 Å². The van der Waals surface area contributed by atoms with Crippen LogP contribution in [0.1, 0.15) is 0 Å². The largest absolute Gasteiger partial charge is 0.508 e. The molecule has 2 aromatic rings. The number of benzene rings is 1. The molecule has 0 atom stereocenters. The van der Waals surface area contributed by atoms with Gasteiger partial charge in [0.25, 0.3) is 0 Å². The second kappa shape index (κ2) is 2.82. The van der Waals surface area contributed by atoms with Gasteiger partial charge >= 0.3 is 0 Å². The van der Waals surface area contributed by atoms with Gasteiger partial charge in [0.15, 0.2) is 0 Å². The average molecular weight is 176 g/mol. The molecule has 0 aliphatic heterocycles. The summed E-state index contributed by atoms with van der Waals surface area (Å²) in [6.45, 7) is 0. The predicted octanol–water partition coefficient (Wildman–Crippen LogP) is 1.49. The fraction of sp³-hybridized carbons (Fsp3) is 0. The number of hydrogen-bond acceptors (Lipinski definition) is 3. The maximum absolute atomic E-state index is 9.45. The molecule has 13 heavy (non-hydrogen) atoms. The number of aromatic nitrogens is 2. The Hall–Kier alpha value is -1.97. The maximum atomic E-state index is 9.45. The number of nitrogens with one attached hydrogen (secondary N) is 1. The summed E-state index contributed by atoms with van der Waals surface area (Å²) >= 11 is 0. The van der Waals surface area contributed by atoms with Gasteiger partial charge in [-0.15, -0.1) is 0 Å². The van der Waals surface area contributed by atoms with Crippen LogP contribution in [-0.2, 0) is 0 Å². The molecule has 4 heteroatoms. The first-order chi connectivity index (χ1) is 6.27. The monoisotopic (exact) mass is 176 g/mol. The van der Waals surface area contributed by atoms with Gasteiger partial charge in [0.1, 0.15) is 11.5 Å². The molecule has 0 aliphatic carbocycles. The summed E-state index contributed by atoms with van der Waals surface area (Å²) in [6, 6.07) is 4.36. The molecule has 1 aromatic heterocycles. The SMILES string of the molecule is Oc1ccc(O)c(-c2cn[nH]c2)c1. The minimum absolute atomic E-state index is 0.119. The standard InChI is InChI=1S/C9H8N2O2/c12-7-1-2-9(13)8(3-7)6-4-10-11-5-6/h1-5,12-13H,(H,10,11). The van der Waals surface area contributed by atoms with Crippen molar-refractivity contribution in [2.45, 2.75) is 0 Å². The quantitative estimate of drug-likeness (QED) is 0.576. The van der Waals surface area contributed by atoms with E-state index in [0.29, 0.717) is 5.56 Å². The van der Waals surface area contributed by atoms with Crippen LogP contribution in [0.2, 0.25) is 0 Å². The lowest BCUT2D eigenvalue weighted by molar-refractivity contribution is 0.462. The fourth-order valence-corrected chi connectivity index (χ4v) is 1.15. The van der Waals surface area contributed by atoms with E-state index >= 15 is 0 Å². The first kappa shape index (κ1) is 7.67. The maximum Gasteiger partial charge on any atom is 0.123 e. The van der Waals surface area contributed by atoms with E-state index in [2.05, 4.69) is 10.2 Å². The molecule has 66 valence electrons. The molecule has 0 bridgehead atoms. The van der Waals surface area contributed by atoms with E-state index in [0.717, 1.165) is 5.56 Å². The molecule has 0 amide bonds. The molecule has 0 unspecified atom stereocenters. The third-order valence-corrected chi connectivity index (χ3v) is 1.79. The Labute approximate surface area is 74.5 Å². The van der Waals surface area contributed by atoms with Crippen molar-refractivity contribution in [2.75, 3.05) is 0 Å². The van der Waals surface area contributed by atoms with Crippen molar-refractivity contribution in [3.8, 4) is 22.6 Å². The molecule has 0 saturated carbocycles. The first-order valence-electron chi connectivity index (χ1n) is 3.78. The summed E-state index contributed by atoms with van der Waals surface area (Å²) in [7, 11) is 0. The molecule has 1 heterocycles. The second-order valence-corrected chi connectivity index (χ2v) is 2.69. The minimum Gasteiger partial charge on any atom is -0.508 e. The molecule has 2 rings (SSSR count). The van der Waals surface area contributed by atoms with Gasteiger partial charge in [-0.05, 0) is 18.2 Å². The third-order valence-electron chi connectivity index (χ3n) is 1.79. The van der Waals surface area contributed by atoms with Gasteiger partial charge in [0.05, 0.1) is 6.20 Å². The number of rotatable bonds is 1. The number of H-pyrrole nitrogens is 1. The highest BCUT2D eigenvalue weighted by Gasteiger charge is 2.05.